The Bertz CT molecular complexity index is 738. The predicted octanol–water partition coefficient (Wildman–Crippen LogP) is 4.32. The fraction of sp³-hybridized carbons (Fsp3) is 0.263. The largest absolute Gasteiger partial charge is 0.459 e. The summed E-state index contributed by atoms with van der Waals surface area (Å²) in [6.45, 7) is 7.55. The lowest BCUT2D eigenvalue weighted by molar-refractivity contribution is 0.0996. The van der Waals surface area contributed by atoms with Crippen LogP contribution in [0.2, 0.25) is 0 Å². The first-order valence-electron chi connectivity index (χ1n) is 8.17. The smallest absolute Gasteiger partial charge is 0.319 e. The van der Waals surface area contributed by atoms with Gasteiger partial charge in [0.15, 0.2) is 5.76 Å². The molecule has 2 aromatic rings. The molecule has 0 spiro atoms. The third kappa shape index (κ3) is 5.24. The average Bonchev–Trinajstić information content (AvgIpc) is 3.11. The van der Waals surface area contributed by atoms with Crippen LogP contribution in [0.1, 0.15) is 35.9 Å². The van der Waals surface area contributed by atoms with Crippen molar-refractivity contribution in [3.05, 3.63) is 60.6 Å². The van der Waals surface area contributed by atoms with Gasteiger partial charge in [0, 0.05) is 17.4 Å². The average molecular weight is 341 g/mol. The van der Waals surface area contributed by atoms with E-state index in [1.165, 1.54) is 6.26 Å². The number of amides is 3. The van der Waals surface area contributed by atoms with Gasteiger partial charge in [-0.15, -0.1) is 6.58 Å². The van der Waals surface area contributed by atoms with Gasteiger partial charge in [0.05, 0.1) is 6.26 Å². The van der Waals surface area contributed by atoms with Crippen molar-refractivity contribution in [3.8, 4) is 0 Å². The van der Waals surface area contributed by atoms with Crippen LogP contribution in [0, 0.1) is 6.92 Å². The summed E-state index contributed by atoms with van der Waals surface area (Å²) in [6.07, 6.45) is 4.79. The number of urea groups is 1. The molecule has 25 heavy (non-hydrogen) atoms. The second-order valence-electron chi connectivity index (χ2n) is 5.69. The second kappa shape index (κ2) is 8.73. The van der Waals surface area contributed by atoms with Crippen molar-refractivity contribution in [3.63, 3.8) is 0 Å². The van der Waals surface area contributed by atoms with E-state index in [4.69, 9.17) is 4.42 Å². The maximum Gasteiger partial charge on any atom is 0.319 e. The van der Waals surface area contributed by atoms with Gasteiger partial charge >= 0.3 is 6.03 Å². The summed E-state index contributed by atoms with van der Waals surface area (Å²) in [5, 5.41) is 8.48. The summed E-state index contributed by atoms with van der Waals surface area (Å²) in [7, 11) is 0. The number of aryl methyl sites for hydroxylation is 1. The van der Waals surface area contributed by atoms with E-state index in [2.05, 4.69) is 22.5 Å². The lowest BCUT2D eigenvalue weighted by Crippen LogP contribution is -2.37. The standard InChI is InChI=1S/C19H23N3O3/c1-4-7-14(5-2)20-19(24)21-15-9-10-16(13(3)12-15)22-18(23)17-8-6-11-25-17/h4,6,8-12,14H,1,5,7H2,2-3H3,(H,22,23)(H2,20,21,24). The van der Waals surface area contributed by atoms with Crippen LogP contribution in [0.3, 0.4) is 0 Å². The summed E-state index contributed by atoms with van der Waals surface area (Å²) in [6, 6.07) is 8.32. The number of nitrogens with one attached hydrogen (secondary N) is 3. The van der Waals surface area contributed by atoms with Gasteiger partial charge in [0.1, 0.15) is 0 Å². The Morgan fingerprint density at radius 1 is 1.28 bits per heavy atom. The highest BCUT2D eigenvalue weighted by atomic mass is 16.3. The van der Waals surface area contributed by atoms with Gasteiger partial charge in [-0.2, -0.15) is 0 Å². The molecule has 3 amide bonds. The van der Waals surface area contributed by atoms with Gasteiger partial charge in [-0.05, 0) is 55.7 Å². The zero-order valence-corrected chi connectivity index (χ0v) is 14.5. The van der Waals surface area contributed by atoms with Crippen molar-refractivity contribution < 1.29 is 14.0 Å². The van der Waals surface area contributed by atoms with Crippen LogP contribution in [0.25, 0.3) is 0 Å². The first-order chi connectivity index (χ1) is 12.0. The Labute approximate surface area is 147 Å². The van der Waals surface area contributed by atoms with Crippen LogP contribution in [0.4, 0.5) is 16.2 Å². The van der Waals surface area contributed by atoms with Crippen LogP contribution < -0.4 is 16.0 Å². The minimum Gasteiger partial charge on any atom is -0.459 e. The summed E-state index contributed by atoms with van der Waals surface area (Å²) in [5.74, 6) is -0.0735. The van der Waals surface area contributed by atoms with Gasteiger partial charge < -0.3 is 20.4 Å². The first-order valence-corrected chi connectivity index (χ1v) is 8.17. The molecule has 0 aliphatic carbocycles. The molecule has 1 aromatic carbocycles. The zero-order valence-electron chi connectivity index (χ0n) is 14.5. The predicted molar refractivity (Wildman–Crippen MR) is 98.9 cm³/mol. The highest BCUT2D eigenvalue weighted by Crippen LogP contribution is 2.20. The summed E-state index contributed by atoms with van der Waals surface area (Å²) >= 11 is 0. The summed E-state index contributed by atoms with van der Waals surface area (Å²) in [4.78, 5) is 24.1. The molecule has 1 aromatic heterocycles. The van der Waals surface area contributed by atoms with E-state index in [-0.39, 0.29) is 23.7 Å². The number of carbonyl (C=O) groups excluding carboxylic acids is 2. The van der Waals surface area contributed by atoms with Crippen molar-refractivity contribution in [1.29, 1.82) is 0 Å². The van der Waals surface area contributed by atoms with E-state index in [9.17, 15) is 9.59 Å². The Balaban J connectivity index is 1.98. The molecule has 0 aliphatic heterocycles. The quantitative estimate of drug-likeness (QED) is 0.656. The van der Waals surface area contributed by atoms with Crippen LogP contribution >= 0.6 is 0 Å². The van der Waals surface area contributed by atoms with Crippen molar-refractivity contribution in [2.24, 2.45) is 0 Å². The number of furan rings is 1. The molecule has 0 saturated heterocycles. The van der Waals surface area contributed by atoms with Gasteiger partial charge in [-0.3, -0.25) is 4.79 Å². The summed E-state index contributed by atoms with van der Waals surface area (Å²) < 4.78 is 5.07. The Kier molecular flexibility index (Phi) is 6.39. The maximum absolute atomic E-state index is 12.0. The molecule has 0 bridgehead atoms. The van der Waals surface area contributed by atoms with Gasteiger partial charge in [0.2, 0.25) is 0 Å². The molecular weight excluding hydrogens is 318 g/mol. The molecule has 6 heteroatoms. The summed E-state index contributed by atoms with van der Waals surface area (Å²) in [5.41, 5.74) is 2.14. The van der Waals surface area contributed by atoms with Gasteiger partial charge in [-0.25, -0.2) is 4.79 Å². The molecule has 1 unspecified atom stereocenters. The van der Waals surface area contributed by atoms with Crippen molar-refractivity contribution >= 4 is 23.3 Å². The van der Waals surface area contributed by atoms with Crippen molar-refractivity contribution in [2.75, 3.05) is 10.6 Å². The number of hydrogen-bond acceptors (Lipinski definition) is 3. The zero-order chi connectivity index (χ0) is 18.2. The molecule has 6 nitrogen and oxygen atoms in total. The van der Waals surface area contributed by atoms with Crippen molar-refractivity contribution in [2.45, 2.75) is 32.7 Å². The lowest BCUT2D eigenvalue weighted by Gasteiger charge is -2.16. The van der Waals surface area contributed by atoms with E-state index in [0.29, 0.717) is 11.4 Å². The lowest BCUT2D eigenvalue weighted by atomic mass is 10.1. The number of carbonyl (C=O) groups is 2. The third-order valence-corrected chi connectivity index (χ3v) is 3.76. The Morgan fingerprint density at radius 3 is 2.68 bits per heavy atom. The molecule has 1 atom stereocenters. The highest BCUT2D eigenvalue weighted by molar-refractivity contribution is 6.02. The van der Waals surface area contributed by atoms with Crippen LogP contribution in [-0.4, -0.2) is 18.0 Å². The van der Waals surface area contributed by atoms with E-state index in [1.54, 1.807) is 36.4 Å². The fourth-order valence-electron chi connectivity index (χ4n) is 2.35. The first kappa shape index (κ1) is 18.3. The molecule has 2 rings (SSSR count). The van der Waals surface area contributed by atoms with E-state index in [1.807, 2.05) is 13.8 Å². The van der Waals surface area contributed by atoms with E-state index >= 15 is 0 Å². The highest BCUT2D eigenvalue weighted by Gasteiger charge is 2.12. The van der Waals surface area contributed by atoms with Crippen LogP contribution in [-0.2, 0) is 0 Å². The molecule has 0 radical (unpaired) electrons. The number of benzene rings is 1. The topological polar surface area (TPSA) is 83.4 Å². The SMILES string of the molecule is C=CCC(CC)NC(=O)Nc1ccc(NC(=O)c2ccco2)c(C)c1. The monoisotopic (exact) mass is 341 g/mol. The molecule has 1 heterocycles. The molecule has 132 valence electrons. The number of hydrogen-bond donors (Lipinski definition) is 3. The number of anilines is 2. The van der Waals surface area contributed by atoms with Crippen LogP contribution in [0.15, 0.2) is 53.7 Å². The van der Waals surface area contributed by atoms with E-state index < -0.39 is 0 Å². The Hall–Kier alpha value is -3.02. The minimum absolute atomic E-state index is 0.0606. The Morgan fingerprint density at radius 2 is 2.08 bits per heavy atom. The maximum atomic E-state index is 12.0. The van der Waals surface area contributed by atoms with E-state index in [0.717, 1.165) is 18.4 Å². The van der Waals surface area contributed by atoms with Crippen molar-refractivity contribution in [1.82, 2.24) is 5.32 Å². The molecule has 0 fully saturated rings. The minimum atomic E-state index is -0.318. The normalized spacial score (nSPS) is 11.4. The van der Waals surface area contributed by atoms with Crippen LogP contribution in [0.5, 0.6) is 0 Å². The third-order valence-electron chi connectivity index (χ3n) is 3.76. The van der Waals surface area contributed by atoms with Gasteiger partial charge in [-0.1, -0.05) is 13.0 Å². The molecular formula is C19H23N3O3. The number of rotatable bonds is 7. The molecule has 0 saturated carbocycles. The second-order valence-corrected chi connectivity index (χ2v) is 5.69. The van der Waals surface area contributed by atoms with Gasteiger partial charge in [0.25, 0.3) is 5.91 Å². The fourth-order valence-corrected chi connectivity index (χ4v) is 2.35. The molecule has 3 N–H and O–H groups in total. The molecule has 0 aliphatic rings.